The molecule has 2 amide bonds. The lowest BCUT2D eigenvalue weighted by atomic mass is 10.1. The van der Waals surface area contributed by atoms with Crippen LogP contribution in [0.5, 0.6) is 0 Å². The first-order valence-electron chi connectivity index (χ1n) is 9.12. The molecule has 2 rings (SSSR count). The van der Waals surface area contributed by atoms with Crippen molar-refractivity contribution in [2.45, 2.75) is 57.5 Å². The van der Waals surface area contributed by atoms with Crippen LogP contribution in [0.1, 0.15) is 44.6 Å². The van der Waals surface area contributed by atoms with Crippen molar-refractivity contribution >= 4 is 11.8 Å². The van der Waals surface area contributed by atoms with Crippen molar-refractivity contribution in [2.75, 3.05) is 6.54 Å². The summed E-state index contributed by atoms with van der Waals surface area (Å²) in [6.07, 6.45) is 3.70. The van der Waals surface area contributed by atoms with Gasteiger partial charge in [-0.1, -0.05) is 12.8 Å². The van der Waals surface area contributed by atoms with E-state index in [2.05, 4.69) is 10.6 Å². The second-order valence-corrected chi connectivity index (χ2v) is 7.06. The molecule has 0 spiro atoms. The van der Waals surface area contributed by atoms with Crippen molar-refractivity contribution in [1.82, 2.24) is 10.6 Å². The third kappa shape index (κ3) is 7.07. The average molecular weight is 367 g/mol. The van der Waals surface area contributed by atoms with Gasteiger partial charge in [0.15, 0.2) is 0 Å². The molecule has 1 aromatic rings. The van der Waals surface area contributed by atoms with Gasteiger partial charge in [-0.2, -0.15) is 0 Å². The molecule has 4 N–H and O–H groups in total. The second-order valence-electron chi connectivity index (χ2n) is 7.06. The first-order chi connectivity index (χ1) is 12.4. The lowest BCUT2D eigenvalue weighted by Gasteiger charge is -2.21. The number of halogens is 2. The molecular formula is C19H27F2N3O2. The number of rotatable bonds is 10. The van der Waals surface area contributed by atoms with E-state index in [0.29, 0.717) is 30.9 Å². The summed E-state index contributed by atoms with van der Waals surface area (Å²) in [6.45, 7) is 2.35. The van der Waals surface area contributed by atoms with Crippen molar-refractivity contribution in [1.29, 1.82) is 0 Å². The van der Waals surface area contributed by atoms with E-state index in [1.807, 2.05) is 6.92 Å². The van der Waals surface area contributed by atoms with Crippen LogP contribution >= 0.6 is 0 Å². The van der Waals surface area contributed by atoms with Crippen LogP contribution in [0.2, 0.25) is 0 Å². The standard InChI is InChI=1S/C19H27F2N3O2/c1-12(6-7-22)23-19(26)17(10-13-2-3-13)24-18(25)5-4-14-8-15(20)11-16(21)9-14/h8-9,11-13,17H,2-7,10,22H2,1H3,(H,23,26)(H,24,25)/t12?,17-/m0/s1. The maximum Gasteiger partial charge on any atom is 0.242 e. The summed E-state index contributed by atoms with van der Waals surface area (Å²) in [5.74, 6) is -1.38. The molecule has 0 saturated heterocycles. The molecule has 1 fully saturated rings. The van der Waals surface area contributed by atoms with Crippen LogP contribution in [-0.2, 0) is 16.0 Å². The molecule has 0 bridgehead atoms. The van der Waals surface area contributed by atoms with Gasteiger partial charge in [0.1, 0.15) is 17.7 Å². The summed E-state index contributed by atoms with van der Waals surface area (Å²) in [5, 5.41) is 5.64. The fourth-order valence-electron chi connectivity index (χ4n) is 2.86. The molecule has 0 aliphatic heterocycles. The summed E-state index contributed by atoms with van der Waals surface area (Å²) in [7, 11) is 0. The van der Waals surface area contributed by atoms with Crippen molar-refractivity contribution in [3.63, 3.8) is 0 Å². The SMILES string of the molecule is CC(CCN)NC(=O)[C@H](CC1CC1)NC(=O)CCc1cc(F)cc(F)c1. The lowest BCUT2D eigenvalue weighted by molar-refractivity contribution is -0.129. The van der Waals surface area contributed by atoms with Crippen LogP contribution in [0.25, 0.3) is 0 Å². The van der Waals surface area contributed by atoms with Gasteiger partial charge in [0.05, 0.1) is 0 Å². The Hall–Kier alpha value is -2.02. The van der Waals surface area contributed by atoms with Crippen LogP contribution < -0.4 is 16.4 Å². The number of aryl methyl sites for hydroxylation is 1. The van der Waals surface area contributed by atoms with E-state index in [0.717, 1.165) is 18.9 Å². The molecule has 0 heterocycles. The van der Waals surface area contributed by atoms with E-state index in [1.54, 1.807) is 0 Å². The van der Waals surface area contributed by atoms with Crippen LogP contribution in [0, 0.1) is 17.6 Å². The maximum atomic E-state index is 13.2. The molecule has 1 aliphatic rings. The number of hydrogen-bond donors (Lipinski definition) is 3. The third-order valence-electron chi connectivity index (χ3n) is 4.47. The predicted molar refractivity (Wildman–Crippen MR) is 95.2 cm³/mol. The topological polar surface area (TPSA) is 84.2 Å². The largest absolute Gasteiger partial charge is 0.352 e. The highest BCUT2D eigenvalue weighted by molar-refractivity contribution is 5.87. The van der Waals surface area contributed by atoms with Crippen molar-refractivity contribution in [3.8, 4) is 0 Å². The van der Waals surface area contributed by atoms with E-state index in [-0.39, 0.29) is 30.7 Å². The number of nitrogens with two attached hydrogens (primary N) is 1. The molecule has 0 aromatic heterocycles. The fraction of sp³-hybridized carbons (Fsp3) is 0.579. The minimum atomic E-state index is -0.666. The maximum absolute atomic E-state index is 13.2. The average Bonchev–Trinajstić information content (AvgIpc) is 3.35. The Labute approximate surface area is 152 Å². The van der Waals surface area contributed by atoms with E-state index in [9.17, 15) is 18.4 Å². The Morgan fingerprint density at radius 2 is 1.85 bits per heavy atom. The van der Waals surface area contributed by atoms with Gasteiger partial charge >= 0.3 is 0 Å². The highest BCUT2D eigenvalue weighted by Crippen LogP contribution is 2.33. The van der Waals surface area contributed by atoms with Gasteiger partial charge in [0.25, 0.3) is 0 Å². The highest BCUT2D eigenvalue weighted by atomic mass is 19.1. The fourth-order valence-corrected chi connectivity index (χ4v) is 2.86. The monoisotopic (exact) mass is 367 g/mol. The van der Waals surface area contributed by atoms with Crippen LogP contribution in [0.15, 0.2) is 18.2 Å². The van der Waals surface area contributed by atoms with Crippen molar-refractivity contribution < 1.29 is 18.4 Å². The quantitative estimate of drug-likeness (QED) is 0.592. The van der Waals surface area contributed by atoms with E-state index >= 15 is 0 Å². The van der Waals surface area contributed by atoms with Crippen molar-refractivity contribution in [2.24, 2.45) is 11.7 Å². The first kappa shape index (κ1) is 20.3. The molecule has 7 heteroatoms. The normalized spacial score (nSPS) is 16.0. The Morgan fingerprint density at radius 3 is 2.42 bits per heavy atom. The number of nitrogens with one attached hydrogen (secondary N) is 2. The second kappa shape index (κ2) is 9.62. The molecule has 2 atom stereocenters. The van der Waals surface area contributed by atoms with Gasteiger partial charge in [-0.25, -0.2) is 8.78 Å². The summed E-state index contributed by atoms with van der Waals surface area (Å²) < 4.78 is 26.4. The van der Waals surface area contributed by atoms with Gasteiger partial charge in [0, 0.05) is 18.5 Å². The minimum Gasteiger partial charge on any atom is -0.352 e. The zero-order valence-electron chi connectivity index (χ0n) is 15.1. The zero-order chi connectivity index (χ0) is 19.1. The highest BCUT2D eigenvalue weighted by Gasteiger charge is 2.30. The molecule has 144 valence electrons. The summed E-state index contributed by atoms with van der Waals surface area (Å²) in [5.41, 5.74) is 5.91. The number of carbonyl (C=O) groups excluding carboxylic acids is 2. The summed E-state index contributed by atoms with van der Waals surface area (Å²) >= 11 is 0. The number of carbonyl (C=O) groups is 2. The molecule has 1 aromatic carbocycles. The zero-order valence-corrected chi connectivity index (χ0v) is 15.1. The van der Waals surface area contributed by atoms with E-state index in [4.69, 9.17) is 5.73 Å². The van der Waals surface area contributed by atoms with Crippen LogP contribution in [0.4, 0.5) is 8.78 Å². The van der Waals surface area contributed by atoms with Gasteiger partial charge in [-0.05, 0) is 56.3 Å². The van der Waals surface area contributed by atoms with Crippen LogP contribution in [0.3, 0.4) is 0 Å². The Morgan fingerprint density at radius 1 is 1.19 bits per heavy atom. The smallest absolute Gasteiger partial charge is 0.242 e. The molecular weight excluding hydrogens is 340 g/mol. The molecule has 5 nitrogen and oxygen atoms in total. The third-order valence-corrected chi connectivity index (χ3v) is 4.47. The predicted octanol–water partition coefficient (Wildman–Crippen LogP) is 2.04. The Kier molecular flexibility index (Phi) is 7.50. The van der Waals surface area contributed by atoms with Gasteiger partial charge in [-0.3, -0.25) is 9.59 Å². The lowest BCUT2D eigenvalue weighted by Crippen LogP contribution is -2.49. The van der Waals surface area contributed by atoms with Crippen LogP contribution in [-0.4, -0.2) is 30.4 Å². The minimum absolute atomic E-state index is 0.0543. The summed E-state index contributed by atoms with van der Waals surface area (Å²) in [4.78, 5) is 24.6. The molecule has 1 aliphatic carbocycles. The Balaban J connectivity index is 1.87. The number of hydrogen-bond acceptors (Lipinski definition) is 3. The van der Waals surface area contributed by atoms with Gasteiger partial charge in [-0.15, -0.1) is 0 Å². The first-order valence-corrected chi connectivity index (χ1v) is 9.12. The van der Waals surface area contributed by atoms with Crippen molar-refractivity contribution in [3.05, 3.63) is 35.4 Å². The van der Waals surface area contributed by atoms with E-state index < -0.39 is 17.7 Å². The number of amides is 2. The van der Waals surface area contributed by atoms with Gasteiger partial charge in [0.2, 0.25) is 11.8 Å². The molecule has 0 radical (unpaired) electrons. The summed E-state index contributed by atoms with van der Waals surface area (Å²) in [6, 6.07) is 2.57. The molecule has 26 heavy (non-hydrogen) atoms. The van der Waals surface area contributed by atoms with E-state index in [1.165, 1.54) is 12.1 Å². The Bertz CT molecular complexity index is 615. The van der Waals surface area contributed by atoms with Gasteiger partial charge < -0.3 is 16.4 Å². The molecule has 1 unspecified atom stereocenters. The molecule has 1 saturated carbocycles. The number of benzene rings is 1.